The van der Waals surface area contributed by atoms with Crippen molar-refractivity contribution in [2.24, 2.45) is 0 Å². The minimum atomic E-state index is -4.89. The number of aromatic nitrogens is 1. The maximum Gasteiger partial charge on any atom is 0.511 e. The topological polar surface area (TPSA) is 12.9 Å². The second-order valence-electron chi connectivity index (χ2n) is 2.51. The van der Waals surface area contributed by atoms with Gasteiger partial charge in [0.2, 0.25) is 0 Å². The van der Waals surface area contributed by atoms with Crippen molar-refractivity contribution in [3.63, 3.8) is 0 Å². The highest BCUT2D eigenvalue weighted by molar-refractivity contribution is 6.73. The zero-order valence-corrected chi connectivity index (χ0v) is 6.60. The summed E-state index contributed by atoms with van der Waals surface area (Å²) in [4.78, 5) is 3.66. The maximum atomic E-state index is 12.0. The summed E-state index contributed by atoms with van der Waals surface area (Å²) in [6.45, 7) is -3.04. The predicted octanol–water partition coefficient (Wildman–Crippen LogP) is 1.70. The van der Waals surface area contributed by atoms with Gasteiger partial charge in [0.05, 0.1) is 0 Å². The Bertz CT molecular complexity index is 254. The highest BCUT2D eigenvalue weighted by Gasteiger charge is 2.25. The van der Waals surface area contributed by atoms with E-state index >= 15 is 0 Å². The molecule has 0 aliphatic carbocycles. The summed E-state index contributed by atoms with van der Waals surface area (Å²) in [6, 6.07) is 2.48. The zero-order valence-electron chi connectivity index (χ0n) is 6.60. The van der Waals surface area contributed by atoms with Crippen molar-refractivity contribution in [2.45, 2.75) is 13.3 Å². The number of hydrogen-bond acceptors (Lipinski definition) is 1. The number of aryl methyl sites for hydroxylation is 1. The van der Waals surface area contributed by atoms with Crippen LogP contribution in [0, 0.1) is 0 Å². The van der Waals surface area contributed by atoms with E-state index < -0.39 is 12.4 Å². The molecule has 1 nitrogen and oxygen atoms in total. The second-order valence-corrected chi connectivity index (χ2v) is 2.51. The smallest absolute Gasteiger partial charge is 0.445 e. The van der Waals surface area contributed by atoms with Gasteiger partial charge in [0, 0.05) is 11.9 Å². The van der Waals surface area contributed by atoms with Gasteiger partial charge in [-0.15, -0.1) is 0 Å². The second kappa shape index (κ2) is 3.17. The average Bonchev–Trinajstić information content (AvgIpc) is 2.03. The van der Waals surface area contributed by atoms with Crippen LogP contribution in [0.15, 0.2) is 18.3 Å². The molecule has 1 rings (SSSR count). The molecule has 0 bridgehead atoms. The average molecular weight is 174 g/mol. The number of nitrogens with zero attached hydrogens (tertiary/aromatic N) is 1. The van der Waals surface area contributed by atoms with E-state index in [0.29, 0.717) is 12.1 Å². The van der Waals surface area contributed by atoms with Gasteiger partial charge in [0.1, 0.15) is 0 Å². The number of pyridine rings is 1. The highest BCUT2D eigenvalue weighted by atomic mass is 19.4. The molecule has 0 saturated carbocycles. The maximum absolute atomic E-state index is 12.0. The lowest BCUT2D eigenvalue weighted by molar-refractivity contribution is 0.500. The first-order valence-electron chi connectivity index (χ1n) is 3.69. The summed E-state index contributed by atoms with van der Waals surface area (Å²) in [7, 11) is 0. The van der Waals surface area contributed by atoms with Gasteiger partial charge in [0.25, 0.3) is 0 Å². The largest absolute Gasteiger partial charge is 0.511 e. The third kappa shape index (κ3) is 2.00. The molecule has 1 aromatic rings. The Balaban J connectivity index is 2.93. The van der Waals surface area contributed by atoms with Crippen LogP contribution in [0.1, 0.15) is 12.6 Å². The molecule has 0 radical (unpaired) electrons. The summed E-state index contributed by atoms with van der Waals surface area (Å²) in [5.41, 5.74) is 0.0472. The van der Waals surface area contributed by atoms with E-state index in [0.717, 1.165) is 12.3 Å². The molecule has 0 fully saturated rings. The van der Waals surface area contributed by atoms with Crippen LogP contribution in [0.3, 0.4) is 0 Å². The number of rotatable bonds is 2. The molecule has 0 N–H and O–H groups in total. The van der Waals surface area contributed by atoms with Crippen LogP contribution in [0.2, 0.25) is 0 Å². The van der Waals surface area contributed by atoms with Gasteiger partial charge in [-0.2, -0.15) is 0 Å². The molecule has 5 heteroatoms. The standard InChI is InChI=1S/C7H8BF3N/c1-2-7-4-3-6(5-12-7)8(9,10)11/h3-5H,2H2,1H3/q-1. The van der Waals surface area contributed by atoms with Crippen LogP contribution in [0.25, 0.3) is 0 Å². The molecule has 0 aromatic carbocycles. The van der Waals surface area contributed by atoms with E-state index in [1.807, 2.05) is 6.92 Å². The van der Waals surface area contributed by atoms with Crippen molar-refractivity contribution in [3.05, 3.63) is 24.0 Å². The molecule has 12 heavy (non-hydrogen) atoms. The van der Waals surface area contributed by atoms with Crippen molar-refractivity contribution in [1.82, 2.24) is 4.98 Å². The fourth-order valence-electron chi connectivity index (χ4n) is 0.839. The van der Waals surface area contributed by atoms with Crippen molar-refractivity contribution in [3.8, 4) is 0 Å². The van der Waals surface area contributed by atoms with E-state index in [1.54, 1.807) is 0 Å². The van der Waals surface area contributed by atoms with Crippen molar-refractivity contribution in [2.75, 3.05) is 0 Å². The molecule has 1 aromatic heterocycles. The van der Waals surface area contributed by atoms with Crippen LogP contribution < -0.4 is 5.46 Å². The summed E-state index contributed by atoms with van der Waals surface area (Å²) in [5, 5.41) is 0. The minimum absolute atomic E-state index is 0.632. The first-order valence-corrected chi connectivity index (χ1v) is 3.69. The molecule has 66 valence electrons. The molecule has 0 atom stereocenters. The van der Waals surface area contributed by atoms with Crippen LogP contribution in [0.4, 0.5) is 12.9 Å². The quantitative estimate of drug-likeness (QED) is 0.621. The van der Waals surface area contributed by atoms with Crippen LogP contribution in [-0.2, 0) is 6.42 Å². The Hall–Kier alpha value is -0.995. The Morgan fingerprint density at radius 1 is 1.33 bits per heavy atom. The Morgan fingerprint density at radius 2 is 2.00 bits per heavy atom. The van der Waals surface area contributed by atoms with Crippen LogP contribution >= 0.6 is 0 Å². The van der Waals surface area contributed by atoms with Crippen LogP contribution in [0.5, 0.6) is 0 Å². The Morgan fingerprint density at radius 3 is 2.33 bits per heavy atom. The SMILES string of the molecule is CCc1ccc([B-](F)(F)F)cn1. The van der Waals surface area contributed by atoms with E-state index in [-0.39, 0.29) is 0 Å². The first-order chi connectivity index (χ1) is 5.54. The van der Waals surface area contributed by atoms with E-state index in [1.165, 1.54) is 6.07 Å². The van der Waals surface area contributed by atoms with Crippen molar-refractivity contribution < 1.29 is 12.9 Å². The van der Waals surface area contributed by atoms with E-state index in [9.17, 15) is 12.9 Å². The minimum Gasteiger partial charge on any atom is -0.445 e. The normalized spacial score (nSPS) is 11.7. The lowest BCUT2D eigenvalue weighted by atomic mass is 9.81. The van der Waals surface area contributed by atoms with Crippen molar-refractivity contribution in [1.29, 1.82) is 0 Å². The Labute approximate surface area is 68.7 Å². The van der Waals surface area contributed by atoms with Gasteiger partial charge in [-0.05, 0) is 12.5 Å². The number of halogens is 3. The molecule has 0 unspecified atom stereocenters. The summed E-state index contributed by atoms with van der Waals surface area (Å²) in [5.74, 6) is 0. The van der Waals surface area contributed by atoms with Gasteiger partial charge in [-0.1, -0.05) is 18.5 Å². The highest BCUT2D eigenvalue weighted by Crippen LogP contribution is 2.07. The molecule has 0 saturated heterocycles. The third-order valence-electron chi connectivity index (χ3n) is 1.59. The van der Waals surface area contributed by atoms with E-state index in [2.05, 4.69) is 4.98 Å². The fourth-order valence-corrected chi connectivity index (χ4v) is 0.839. The van der Waals surface area contributed by atoms with Gasteiger partial charge >= 0.3 is 6.98 Å². The lowest BCUT2D eigenvalue weighted by Crippen LogP contribution is -2.34. The van der Waals surface area contributed by atoms with Crippen molar-refractivity contribution >= 4 is 12.4 Å². The third-order valence-corrected chi connectivity index (χ3v) is 1.59. The van der Waals surface area contributed by atoms with Gasteiger partial charge in [0.15, 0.2) is 0 Å². The Kier molecular flexibility index (Phi) is 2.40. The molecule has 0 amide bonds. The fraction of sp³-hybridized carbons (Fsp3) is 0.286. The van der Waals surface area contributed by atoms with Gasteiger partial charge < -0.3 is 12.9 Å². The molecular formula is C7H8BF3N-. The summed E-state index contributed by atoms with van der Waals surface area (Å²) >= 11 is 0. The molecular weight excluding hydrogens is 166 g/mol. The lowest BCUT2D eigenvalue weighted by Gasteiger charge is -2.13. The monoisotopic (exact) mass is 174 g/mol. The van der Waals surface area contributed by atoms with Crippen LogP contribution in [-0.4, -0.2) is 12.0 Å². The zero-order chi connectivity index (χ0) is 9.19. The predicted molar refractivity (Wildman–Crippen MR) is 42.3 cm³/mol. The summed E-state index contributed by atoms with van der Waals surface area (Å²) in [6.07, 6.45) is 1.55. The number of hydrogen-bond donors (Lipinski definition) is 0. The van der Waals surface area contributed by atoms with E-state index in [4.69, 9.17) is 0 Å². The molecule has 0 aliphatic rings. The summed E-state index contributed by atoms with van der Waals surface area (Å²) < 4.78 is 36.1. The molecule has 0 aliphatic heterocycles. The van der Waals surface area contributed by atoms with Gasteiger partial charge in [-0.25, -0.2) is 0 Å². The van der Waals surface area contributed by atoms with Gasteiger partial charge in [-0.3, -0.25) is 4.98 Å². The molecule has 1 heterocycles. The first kappa shape index (κ1) is 9.10. The molecule has 0 spiro atoms.